The maximum Gasteiger partial charge on any atom is 0.309 e. The number of carbonyl (C=O) groups is 2. The summed E-state index contributed by atoms with van der Waals surface area (Å²) in [6, 6.07) is 0. The first-order valence-corrected chi connectivity index (χ1v) is 5.26. The van der Waals surface area contributed by atoms with Crippen molar-refractivity contribution in [3.8, 4) is 0 Å². The molecule has 1 aliphatic rings. The van der Waals surface area contributed by atoms with E-state index in [-0.39, 0.29) is 31.3 Å². The maximum atomic E-state index is 13.8. The van der Waals surface area contributed by atoms with Crippen molar-refractivity contribution in [3.63, 3.8) is 0 Å². The molecule has 5 heteroatoms. The number of hydrogen-bond acceptors (Lipinski definition) is 3. The molecule has 0 unspecified atom stereocenters. The van der Waals surface area contributed by atoms with E-state index in [1.54, 1.807) is 6.92 Å². The van der Waals surface area contributed by atoms with Gasteiger partial charge in [-0.3, -0.25) is 9.59 Å². The zero-order valence-corrected chi connectivity index (χ0v) is 9.29. The van der Waals surface area contributed by atoms with Crippen molar-refractivity contribution >= 4 is 11.9 Å². The maximum absolute atomic E-state index is 13.8. The number of amides is 1. The fourth-order valence-corrected chi connectivity index (χ4v) is 1.71. The van der Waals surface area contributed by atoms with Crippen LogP contribution in [0.15, 0.2) is 12.7 Å². The Morgan fingerprint density at radius 2 is 2.25 bits per heavy atom. The summed E-state index contributed by atoms with van der Waals surface area (Å²) >= 11 is 0. The molecular formula is C11H16FNO3. The number of rotatable bonds is 5. The highest BCUT2D eigenvalue weighted by molar-refractivity contribution is 5.86. The summed E-state index contributed by atoms with van der Waals surface area (Å²) in [5.41, 5.74) is -1.48. The molecule has 0 aromatic carbocycles. The van der Waals surface area contributed by atoms with Crippen LogP contribution in [0, 0.1) is 5.92 Å². The molecule has 4 nitrogen and oxygen atoms in total. The number of esters is 1. The van der Waals surface area contributed by atoms with Gasteiger partial charge >= 0.3 is 5.97 Å². The normalized spacial score (nSPS) is 27.8. The fraction of sp³-hybridized carbons (Fsp3) is 0.636. The van der Waals surface area contributed by atoms with Crippen LogP contribution in [-0.2, 0) is 14.3 Å². The summed E-state index contributed by atoms with van der Waals surface area (Å²) in [5, 5.41) is 2.38. The van der Waals surface area contributed by atoms with E-state index >= 15 is 0 Å². The van der Waals surface area contributed by atoms with E-state index < -0.39 is 11.6 Å². The molecule has 0 bridgehead atoms. The van der Waals surface area contributed by atoms with Gasteiger partial charge in [-0.1, -0.05) is 6.58 Å². The Morgan fingerprint density at radius 3 is 2.75 bits per heavy atom. The largest absolute Gasteiger partial charge is 0.466 e. The van der Waals surface area contributed by atoms with E-state index in [0.29, 0.717) is 6.61 Å². The highest BCUT2D eigenvalue weighted by atomic mass is 19.1. The van der Waals surface area contributed by atoms with Crippen LogP contribution >= 0.6 is 0 Å². The quantitative estimate of drug-likeness (QED) is 0.564. The van der Waals surface area contributed by atoms with Gasteiger partial charge in [-0.2, -0.15) is 0 Å². The fourth-order valence-electron chi connectivity index (χ4n) is 1.71. The Morgan fingerprint density at radius 1 is 1.62 bits per heavy atom. The smallest absolute Gasteiger partial charge is 0.309 e. The molecule has 0 aliphatic heterocycles. The average Bonchev–Trinajstić information content (AvgIpc) is 2.22. The molecular weight excluding hydrogens is 213 g/mol. The molecule has 16 heavy (non-hydrogen) atoms. The zero-order chi connectivity index (χ0) is 12.2. The molecule has 1 N–H and O–H groups in total. The van der Waals surface area contributed by atoms with Crippen molar-refractivity contribution in [2.45, 2.75) is 25.4 Å². The van der Waals surface area contributed by atoms with E-state index in [2.05, 4.69) is 11.9 Å². The number of ether oxygens (including phenoxy) is 1. The summed E-state index contributed by atoms with van der Waals surface area (Å²) in [4.78, 5) is 22.0. The van der Waals surface area contributed by atoms with E-state index in [1.165, 1.54) is 0 Å². The van der Waals surface area contributed by atoms with Crippen LogP contribution in [0.25, 0.3) is 0 Å². The lowest BCUT2D eigenvalue weighted by Gasteiger charge is -2.39. The summed E-state index contributed by atoms with van der Waals surface area (Å²) in [5.74, 6) is -1.13. The molecule has 1 aliphatic carbocycles. The van der Waals surface area contributed by atoms with Crippen molar-refractivity contribution in [1.82, 2.24) is 5.32 Å². The summed E-state index contributed by atoms with van der Waals surface area (Å²) in [6.07, 6.45) is 1.32. The van der Waals surface area contributed by atoms with Crippen LogP contribution in [0.5, 0.6) is 0 Å². The molecule has 1 fully saturated rings. The average molecular weight is 229 g/mol. The van der Waals surface area contributed by atoms with Crippen molar-refractivity contribution < 1.29 is 18.7 Å². The first kappa shape index (κ1) is 12.7. The molecule has 0 aromatic rings. The molecule has 0 spiro atoms. The third-order valence-corrected chi connectivity index (χ3v) is 2.61. The Labute approximate surface area is 93.8 Å². The number of hydrogen-bond donors (Lipinski definition) is 1. The first-order valence-electron chi connectivity index (χ1n) is 5.26. The highest BCUT2D eigenvalue weighted by Gasteiger charge is 2.48. The third-order valence-electron chi connectivity index (χ3n) is 2.61. The zero-order valence-electron chi connectivity index (χ0n) is 9.29. The van der Waals surface area contributed by atoms with Gasteiger partial charge in [0.05, 0.1) is 19.1 Å². The first-order chi connectivity index (χ1) is 7.50. The van der Waals surface area contributed by atoms with Gasteiger partial charge in [0.25, 0.3) is 0 Å². The second-order valence-electron chi connectivity index (χ2n) is 3.93. The second-order valence-corrected chi connectivity index (χ2v) is 3.93. The Balaban J connectivity index is 2.29. The van der Waals surface area contributed by atoms with Crippen LogP contribution in [0.2, 0.25) is 0 Å². The van der Waals surface area contributed by atoms with Gasteiger partial charge in [0.2, 0.25) is 5.91 Å². The van der Waals surface area contributed by atoms with Crippen molar-refractivity contribution in [2.24, 2.45) is 5.92 Å². The van der Waals surface area contributed by atoms with Gasteiger partial charge in [0.15, 0.2) is 0 Å². The van der Waals surface area contributed by atoms with E-state index in [0.717, 1.165) is 6.08 Å². The predicted molar refractivity (Wildman–Crippen MR) is 56.4 cm³/mol. The lowest BCUT2D eigenvalue weighted by Crippen LogP contribution is -2.51. The molecule has 0 heterocycles. The monoisotopic (exact) mass is 229 g/mol. The molecule has 0 aromatic heterocycles. The third kappa shape index (κ3) is 3.05. The molecule has 0 saturated heterocycles. The van der Waals surface area contributed by atoms with Crippen molar-refractivity contribution in [2.75, 3.05) is 13.2 Å². The van der Waals surface area contributed by atoms with E-state index in [1.807, 2.05) is 0 Å². The second kappa shape index (κ2) is 5.09. The van der Waals surface area contributed by atoms with E-state index in [4.69, 9.17) is 4.74 Å². The van der Waals surface area contributed by atoms with Crippen LogP contribution in [0.4, 0.5) is 4.39 Å². The predicted octanol–water partition coefficient (Wildman–Crippen LogP) is 0.970. The molecule has 1 saturated carbocycles. The molecule has 1 amide bonds. The number of alkyl halides is 1. The van der Waals surface area contributed by atoms with Gasteiger partial charge in [-0.05, 0) is 25.8 Å². The van der Waals surface area contributed by atoms with Crippen molar-refractivity contribution in [1.29, 1.82) is 0 Å². The van der Waals surface area contributed by atoms with Gasteiger partial charge in [0, 0.05) is 0 Å². The molecule has 90 valence electrons. The summed E-state index contributed by atoms with van der Waals surface area (Å²) in [6.45, 7) is 5.21. The van der Waals surface area contributed by atoms with Gasteiger partial charge in [-0.25, -0.2) is 4.39 Å². The molecule has 0 radical (unpaired) electrons. The Kier molecular flexibility index (Phi) is 4.04. The van der Waals surface area contributed by atoms with Crippen LogP contribution in [0.1, 0.15) is 19.8 Å². The number of nitrogens with one attached hydrogen (secondary N) is 1. The van der Waals surface area contributed by atoms with Crippen molar-refractivity contribution in [3.05, 3.63) is 12.7 Å². The highest BCUT2D eigenvalue weighted by Crippen LogP contribution is 2.41. The van der Waals surface area contributed by atoms with Crippen LogP contribution in [-0.4, -0.2) is 30.7 Å². The lowest BCUT2D eigenvalue weighted by atomic mass is 9.72. The Hall–Kier alpha value is -1.39. The minimum absolute atomic E-state index is 0.0756. The molecule has 1 rings (SSSR count). The van der Waals surface area contributed by atoms with Crippen LogP contribution in [0.3, 0.4) is 0 Å². The minimum Gasteiger partial charge on any atom is -0.466 e. The number of halogens is 1. The van der Waals surface area contributed by atoms with Gasteiger partial charge in [-0.15, -0.1) is 0 Å². The van der Waals surface area contributed by atoms with Gasteiger partial charge < -0.3 is 10.1 Å². The SMILES string of the molecule is C=CC(=O)NCC1(F)CC(C(=O)OCC)C1. The van der Waals surface area contributed by atoms with E-state index in [9.17, 15) is 14.0 Å². The van der Waals surface area contributed by atoms with Crippen LogP contribution < -0.4 is 5.32 Å². The summed E-state index contributed by atoms with van der Waals surface area (Å²) < 4.78 is 18.6. The van der Waals surface area contributed by atoms with Gasteiger partial charge in [0.1, 0.15) is 5.67 Å². The number of carbonyl (C=O) groups excluding carboxylic acids is 2. The summed E-state index contributed by atoms with van der Waals surface area (Å²) in [7, 11) is 0. The molecule has 0 atom stereocenters. The standard InChI is InChI=1S/C11H16FNO3/c1-3-9(14)13-7-11(12)5-8(6-11)10(15)16-4-2/h3,8H,1,4-7H2,2H3,(H,13,14). The minimum atomic E-state index is -1.48. The topological polar surface area (TPSA) is 55.4 Å². The lowest BCUT2D eigenvalue weighted by molar-refractivity contribution is -0.157. The Bertz CT molecular complexity index is 298.